The van der Waals surface area contributed by atoms with Crippen LogP contribution >= 0.6 is 11.3 Å². The van der Waals surface area contributed by atoms with Crippen LogP contribution in [-0.4, -0.2) is 31.2 Å². The van der Waals surface area contributed by atoms with Crippen molar-refractivity contribution in [3.63, 3.8) is 0 Å². The highest BCUT2D eigenvalue weighted by atomic mass is 32.1. The van der Waals surface area contributed by atoms with Crippen molar-refractivity contribution in [3.8, 4) is 5.88 Å². The van der Waals surface area contributed by atoms with Crippen LogP contribution in [0.25, 0.3) is 10.9 Å². The Hall–Kier alpha value is -2.41. The molecule has 0 spiro atoms. The molecule has 3 aromatic heterocycles. The van der Waals surface area contributed by atoms with Crippen molar-refractivity contribution < 1.29 is 14.6 Å². The Morgan fingerprint density at radius 1 is 1.21 bits per heavy atom. The summed E-state index contributed by atoms with van der Waals surface area (Å²) in [5, 5.41) is 14.0. The van der Waals surface area contributed by atoms with Crippen LogP contribution in [0.15, 0.2) is 36.1 Å². The van der Waals surface area contributed by atoms with Crippen molar-refractivity contribution in [3.05, 3.63) is 41.1 Å². The summed E-state index contributed by atoms with van der Waals surface area (Å²) in [7, 11) is 0. The minimum atomic E-state index is -0.455. The lowest BCUT2D eigenvalue weighted by atomic mass is 9.51. The molecule has 6 nitrogen and oxygen atoms in total. The van der Waals surface area contributed by atoms with Gasteiger partial charge >= 0.3 is 5.97 Å². The van der Waals surface area contributed by atoms with Crippen molar-refractivity contribution in [1.29, 1.82) is 0 Å². The number of aromatic hydroxyl groups is 1. The summed E-state index contributed by atoms with van der Waals surface area (Å²) in [6.45, 7) is 0. The summed E-state index contributed by atoms with van der Waals surface area (Å²) in [6, 6.07) is 3.76. The maximum absolute atomic E-state index is 12.7. The van der Waals surface area contributed by atoms with E-state index >= 15 is 0 Å². The third-order valence-electron chi connectivity index (χ3n) is 6.96. The second kappa shape index (κ2) is 5.56. The zero-order valence-corrected chi connectivity index (χ0v) is 16.2. The average Bonchev–Trinajstić information content (AvgIpc) is 3.29. The molecule has 4 bridgehead atoms. The number of carbonyl (C=O) groups is 1. The van der Waals surface area contributed by atoms with Crippen LogP contribution in [0.3, 0.4) is 0 Å². The number of hydrogen-bond acceptors (Lipinski definition) is 6. The zero-order chi connectivity index (χ0) is 18.9. The summed E-state index contributed by atoms with van der Waals surface area (Å²) >= 11 is 1.32. The molecule has 1 N–H and O–H groups in total. The van der Waals surface area contributed by atoms with Crippen LogP contribution in [0.4, 0.5) is 0 Å². The van der Waals surface area contributed by atoms with Crippen molar-refractivity contribution in [2.75, 3.05) is 0 Å². The maximum Gasteiger partial charge on any atom is 0.367 e. The summed E-state index contributed by atoms with van der Waals surface area (Å²) in [5.74, 6) is 1.01. The molecule has 3 heterocycles. The molecule has 28 heavy (non-hydrogen) atoms. The molecule has 0 saturated heterocycles. The van der Waals surface area contributed by atoms with E-state index in [0.29, 0.717) is 16.8 Å². The molecular weight excluding hydrogens is 374 g/mol. The Bertz CT molecular complexity index is 1060. The van der Waals surface area contributed by atoms with Gasteiger partial charge in [0.25, 0.3) is 0 Å². The predicted octanol–water partition coefficient (Wildman–Crippen LogP) is 4.10. The fourth-order valence-electron chi connectivity index (χ4n) is 6.48. The first-order chi connectivity index (χ1) is 13.6. The molecule has 4 fully saturated rings. The standard InChI is InChI=1S/C21H21N3O3S/c25-18-15-2-1-3-22-16(15)11-24(18)20-7-13-6-14(8-20)10-21(9-13,12-20)27-19(26)17-23-4-5-28-17/h1-5,11,13-14,25H,6-10,12H2. The highest BCUT2D eigenvalue weighted by molar-refractivity contribution is 7.11. The van der Waals surface area contributed by atoms with Gasteiger partial charge in [0, 0.05) is 30.4 Å². The first kappa shape index (κ1) is 16.5. The minimum absolute atomic E-state index is 0.210. The van der Waals surface area contributed by atoms with Crippen LogP contribution < -0.4 is 0 Å². The Kier molecular flexibility index (Phi) is 3.29. The van der Waals surface area contributed by atoms with Crippen LogP contribution in [0, 0.1) is 11.8 Å². The summed E-state index contributed by atoms with van der Waals surface area (Å²) < 4.78 is 8.19. The van der Waals surface area contributed by atoms with Gasteiger partial charge in [0.15, 0.2) is 0 Å². The number of thiazole rings is 1. The Morgan fingerprint density at radius 3 is 2.75 bits per heavy atom. The zero-order valence-electron chi connectivity index (χ0n) is 15.4. The number of aromatic nitrogens is 3. The normalized spacial score (nSPS) is 33.4. The fourth-order valence-corrected chi connectivity index (χ4v) is 6.99. The van der Waals surface area contributed by atoms with Gasteiger partial charge in [-0.25, -0.2) is 9.78 Å². The first-order valence-corrected chi connectivity index (χ1v) is 10.7. The molecule has 3 aromatic rings. The number of esters is 1. The summed E-state index contributed by atoms with van der Waals surface area (Å²) in [6.07, 6.45) is 11.2. The van der Waals surface area contributed by atoms with Gasteiger partial charge in [-0.2, -0.15) is 0 Å². The van der Waals surface area contributed by atoms with Gasteiger partial charge in [-0.15, -0.1) is 11.3 Å². The lowest BCUT2D eigenvalue weighted by Crippen LogP contribution is -2.60. The smallest absolute Gasteiger partial charge is 0.367 e. The van der Waals surface area contributed by atoms with Gasteiger partial charge in [0.2, 0.25) is 10.9 Å². The van der Waals surface area contributed by atoms with Crippen LogP contribution in [-0.2, 0) is 10.3 Å². The second-order valence-corrected chi connectivity index (χ2v) is 9.75. The van der Waals surface area contributed by atoms with E-state index in [1.807, 2.05) is 22.9 Å². The quantitative estimate of drug-likeness (QED) is 0.676. The molecule has 4 aliphatic rings. The SMILES string of the molecule is O=C(OC12CC3CC(C1)CC(n1cc4ncccc4c1O)(C3)C2)c1nccs1. The van der Waals surface area contributed by atoms with Gasteiger partial charge in [-0.05, 0) is 56.1 Å². The van der Waals surface area contributed by atoms with Crippen LogP contribution in [0.2, 0.25) is 0 Å². The van der Waals surface area contributed by atoms with Gasteiger partial charge in [-0.1, -0.05) is 0 Å². The Labute approximate surface area is 166 Å². The molecule has 4 aliphatic carbocycles. The van der Waals surface area contributed by atoms with E-state index < -0.39 is 5.60 Å². The fraction of sp³-hybridized carbons (Fsp3) is 0.476. The van der Waals surface area contributed by atoms with E-state index in [2.05, 4.69) is 9.97 Å². The molecule has 0 aromatic carbocycles. The molecule has 0 radical (unpaired) electrons. The number of carbonyl (C=O) groups excluding carboxylic acids is 1. The van der Waals surface area contributed by atoms with E-state index in [0.717, 1.165) is 43.0 Å². The second-order valence-electron chi connectivity index (χ2n) is 8.85. The molecule has 4 saturated carbocycles. The Balaban J connectivity index is 1.41. The predicted molar refractivity (Wildman–Crippen MR) is 104 cm³/mol. The van der Waals surface area contributed by atoms with E-state index in [1.165, 1.54) is 17.8 Å². The third kappa shape index (κ3) is 2.28. The minimum Gasteiger partial charge on any atom is -0.494 e. The Morgan fingerprint density at radius 2 is 2.04 bits per heavy atom. The van der Waals surface area contributed by atoms with E-state index in [9.17, 15) is 9.90 Å². The van der Waals surface area contributed by atoms with Gasteiger partial charge < -0.3 is 14.4 Å². The molecular formula is C21H21N3O3S. The number of ether oxygens (including phenoxy) is 1. The summed E-state index contributed by atoms with van der Waals surface area (Å²) in [5.41, 5.74) is 0.144. The van der Waals surface area contributed by atoms with E-state index in [1.54, 1.807) is 17.8 Å². The number of rotatable bonds is 3. The largest absolute Gasteiger partial charge is 0.494 e. The average molecular weight is 395 g/mol. The molecule has 2 unspecified atom stereocenters. The summed E-state index contributed by atoms with van der Waals surface area (Å²) in [4.78, 5) is 21.2. The number of fused-ring (bicyclic) bond motifs is 1. The van der Waals surface area contributed by atoms with Crippen molar-refractivity contribution in [2.45, 2.75) is 49.7 Å². The van der Waals surface area contributed by atoms with Crippen LogP contribution in [0.1, 0.15) is 48.3 Å². The monoisotopic (exact) mass is 395 g/mol. The molecule has 0 amide bonds. The lowest BCUT2D eigenvalue weighted by Gasteiger charge is -2.61. The van der Waals surface area contributed by atoms with Crippen molar-refractivity contribution in [1.82, 2.24) is 14.5 Å². The topological polar surface area (TPSA) is 77.2 Å². The van der Waals surface area contributed by atoms with Gasteiger partial charge in [-0.3, -0.25) is 4.98 Å². The number of pyridine rings is 1. The molecule has 2 atom stereocenters. The highest BCUT2D eigenvalue weighted by Gasteiger charge is 2.61. The third-order valence-corrected chi connectivity index (χ3v) is 7.72. The molecule has 7 heteroatoms. The molecule has 144 valence electrons. The van der Waals surface area contributed by atoms with E-state index in [4.69, 9.17) is 4.74 Å². The first-order valence-electron chi connectivity index (χ1n) is 9.84. The van der Waals surface area contributed by atoms with Gasteiger partial charge in [0.1, 0.15) is 5.60 Å². The lowest BCUT2D eigenvalue weighted by molar-refractivity contribution is -0.160. The highest BCUT2D eigenvalue weighted by Crippen LogP contribution is 2.62. The molecule has 7 rings (SSSR count). The van der Waals surface area contributed by atoms with Crippen molar-refractivity contribution in [2.24, 2.45) is 11.8 Å². The van der Waals surface area contributed by atoms with E-state index in [-0.39, 0.29) is 17.4 Å². The maximum atomic E-state index is 12.7. The number of hydrogen-bond donors (Lipinski definition) is 1. The van der Waals surface area contributed by atoms with Crippen LogP contribution in [0.5, 0.6) is 5.88 Å². The van der Waals surface area contributed by atoms with Gasteiger partial charge in [0.05, 0.1) is 16.4 Å². The van der Waals surface area contributed by atoms with Crippen molar-refractivity contribution >= 4 is 28.2 Å². The molecule has 0 aliphatic heterocycles. The number of nitrogens with zero attached hydrogens (tertiary/aromatic N) is 3.